The lowest BCUT2D eigenvalue weighted by molar-refractivity contribution is 0.259. The van der Waals surface area contributed by atoms with Crippen LogP contribution in [0.3, 0.4) is 0 Å². The summed E-state index contributed by atoms with van der Waals surface area (Å²) in [7, 11) is 0. The van der Waals surface area contributed by atoms with Gasteiger partial charge in [0.1, 0.15) is 12.0 Å². The molecule has 0 N–H and O–H groups in total. The first kappa shape index (κ1) is 10.5. The molecule has 1 aliphatic heterocycles. The number of hydrogen-bond donors (Lipinski definition) is 0. The van der Waals surface area contributed by atoms with Gasteiger partial charge in [-0.25, -0.2) is 0 Å². The summed E-state index contributed by atoms with van der Waals surface area (Å²) in [4.78, 5) is 4.05. The summed E-state index contributed by atoms with van der Waals surface area (Å²) >= 11 is 0. The van der Waals surface area contributed by atoms with E-state index in [1.165, 1.54) is 44.9 Å². The van der Waals surface area contributed by atoms with Crippen molar-refractivity contribution in [2.75, 3.05) is 0 Å². The van der Waals surface area contributed by atoms with Crippen LogP contribution in [0.15, 0.2) is 29.3 Å². The topological polar surface area (TPSA) is 21.6 Å². The standard InChI is InChI=1S/C13H19NO/c1-2-4-6-12(7-5-3-1)13-8-9-14-10-11-15-13/h8-12H,1-7H2. The van der Waals surface area contributed by atoms with Gasteiger partial charge in [-0.15, -0.1) is 0 Å². The molecule has 1 heterocycles. The molecular weight excluding hydrogens is 186 g/mol. The molecule has 1 aliphatic carbocycles. The predicted octanol–water partition coefficient (Wildman–Crippen LogP) is 3.80. The van der Waals surface area contributed by atoms with Gasteiger partial charge in [-0.05, 0) is 18.9 Å². The third-order valence-corrected chi connectivity index (χ3v) is 3.18. The Morgan fingerprint density at radius 3 is 2.60 bits per heavy atom. The molecule has 0 unspecified atom stereocenters. The second-order valence-electron chi connectivity index (χ2n) is 4.31. The normalized spacial score (nSPS) is 23.6. The van der Waals surface area contributed by atoms with Crippen LogP contribution in [0.25, 0.3) is 0 Å². The van der Waals surface area contributed by atoms with Crippen molar-refractivity contribution >= 4 is 6.21 Å². The zero-order valence-corrected chi connectivity index (χ0v) is 9.19. The van der Waals surface area contributed by atoms with Crippen LogP contribution >= 0.6 is 0 Å². The summed E-state index contributed by atoms with van der Waals surface area (Å²) < 4.78 is 5.59. The zero-order valence-electron chi connectivity index (χ0n) is 9.19. The molecule has 0 aromatic carbocycles. The van der Waals surface area contributed by atoms with Gasteiger partial charge in [-0.3, -0.25) is 4.99 Å². The van der Waals surface area contributed by atoms with E-state index in [1.807, 2.05) is 12.3 Å². The first-order valence-corrected chi connectivity index (χ1v) is 6.02. The Hall–Kier alpha value is -1.05. The van der Waals surface area contributed by atoms with E-state index in [-0.39, 0.29) is 0 Å². The minimum absolute atomic E-state index is 0.611. The molecule has 2 rings (SSSR count). The highest BCUT2D eigenvalue weighted by Crippen LogP contribution is 2.28. The monoisotopic (exact) mass is 205 g/mol. The van der Waals surface area contributed by atoms with Crippen LogP contribution in [0.5, 0.6) is 0 Å². The molecule has 0 spiro atoms. The van der Waals surface area contributed by atoms with Gasteiger partial charge in [-0.2, -0.15) is 0 Å². The molecule has 2 aliphatic rings. The van der Waals surface area contributed by atoms with E-state index in [2.05, 4.69) is 4.99 Å². The van der Waals surface area contributed by atoms with Gasteiger partial charge in [0.05, 0.1) is 6.20 Å². The number of nitrogens with zero attached hydrogens (tertiary/aromatic N) is 1. The molecular formula is C13H19NO. The molecule has 0 aromatic heterocycles. The second kappa shape index (κ2) is 5.74. The lowest BCUT2D eigenvalue weighted by atomic mass is 9.89. The number of allylic oxidation sites excluding steroid dienone is 2. The van der Waals surface area contributed by atoms with Crippen LogP contribution in [0, 0.1) is 5.92 Å². The van der Waals surface area contributed by atoms with E-state index >= 15 is 0 Å². The average molecular weight is 205 g/mol. The van der Waals surface area contributed by atoms with Crippen LogP contribution in [-0.2, 0) is 4.74 Å². The molecule has 1 fully saturated rings. The first-order valence-electron chi connectivity index (χ1n) is 6.02. The van der Waals surface area contributed by atoms with Crippen molar-refractivity contribution in [1.82, 2.24) is 0 Å². The third-order valence-electron chi connectivity index (χ3n) is 3.18. The molecule has 0 atom stereocenters. The highest BCUT2D eigenvalue weighted by atomic mass is 16.5. The van der Waals surface area contributed by atoms with Crippen molar-refractivity contribution in [3.05, 3.63) is 24.3 Å². The van der Waals surface area contributed by atoms with E-state index in [0.29, 0.717) is 5.92 Å². The summed E-state index contributed by atoms with van der Waals surface area (Å²) in [6, 6.07) is 0. The maximum Gasteiger partial charge on any atom is 0.109 e. The van der Waals surface area contributed by atoms with E-state index in [9.17, 15) is 0 Å². The fraction of sp³-hybridized carbons (Fsp3) is 0.615. The number of ether oxygens (including phenoxy) is 1. The van der Waals surface area contributed by atoms with Crippen molar-refractivity contribution in [2.45, 2.75) is 44.9 Å². The summed E-state index contributed by atoms with van der Waals surface area (Å²) in [5, 5.41) is 0. The van der Waals surface area contributed by atoms with Gasteiger partial charge in [0, 0.05) is 12.1 Å². The summed E-state index contributed by atoms with van der Waals surface area (Å²) in [6.45, 7) is 0. The third kappa shape index (κ3) is 3.22. The van der Waals surface area contributed by atoms with Crippen molar-refractivity contribution < 1.29 is 4.74 Å². The Balaban J connectivity index is 1.97. The van der Waals surface area contributed by atoms with E-state index in [0.717, 1.165) is 5.76 Å². The van der Waals surface area contributed by atoms with Crippen molar-refractivity contribution in [2.24, 2.45) is 10.9 Å². The number of rotatable bonds is 1. The van der Waals surface area contributed by atoms with Gasteiger partial charge >= 0.3 is 0 Å². The van der Waals surface area contributed by atoms with Gasteiger partial charge < -0.3 is 4.74 Å². The van der Waals surface area contributed by atoms with E-state index in [4.69, 9.17) is 4.74 Å². The molecule has 0 aromatic rings. The molecule has 1 saturated carbocycles. The predicted molar refractivity (Wildman–Crippen MR) is 62.6 cm³/mol. The first-order chi connectivity index (χ1) is 7.47. The van der Waals surface area contributed by atoms with Crippen molar-refractivity contribution in [3.8, 4) is 0 Å². The van der Waals surface area contributed by atoms with Gasteiger partial charge in [0.15, 0.2) is 0 Å². The Kier molecular flexibility index (Phi) is 4.01. The van der Waals surface area contributed by atoms with Crippen LogP contribution in [-0.4, -0.2) is 6.21 Å². The quantitative estimate of drug-likeness (QED) is 0.638. The number of aliphatic imine (C=N–C) groups is 1. The summed E-state index contributed by atoms with van der Waals surface area (Å²) in [5.41, 5.74) is 0. The molecule has 2 nitrogen and oxygen atoms in total. The Morgan fingerprint density at radius 1 is 1.07 bits per heavy atom. The van der Waals surface area contributed by atoms with Gasteiger partial charge in [0.2, 0.25) is 0 Å². The van der Waals surface area contributed by atoms with Crippen molar-refractivity contribution in [1.29, 1.82) is 0 Å². The smallest absolute Gasteiger partial charge is 0.109 e. The Bertz CT molecular complexity index is 270. The maximum atomic E-state index is 5.59. The average Bonchev–Trinajstić information content (AvgIpc) is 2.45. The minimum atomic E-state index is 0.611. The van der Waals surface area contributed by atoms with Gasteiger partial charge in [-0.1, -0.05) is 32.1 Å². The number of hydrogen-bond acceptors (Lipinski definition) is 2. The molecule has 2 heteroatoms. The lowest BCUT2D eigenvalue weighted by Gasteiger charge is -2.20. The van der Waals surface area contributed by atoms with Crippen molar-refractivity contribution in [3.63, 3.8) is 0 Å². The Labute approximate surface area is 91.7 Å². The highest BCUT2D eigenvalue weighted by Gasteiger charge is 2.16. The maximum absolute atomic E-state index is 5.59. The molecule has 0 bridgehead atoms. The van der Waals surface area contributed by atoms with E-state index < -0.39 is 0 Å². The summed E-state index contributed by atoms with van der Waals surface area (Å²) in [5.74, 6) is 1.72. The largest absolute Gasteiger partial charge is 0.467 e. The van der Waals surface area contributed by atoms with Gasteiger partial charge in [0.25, 0.3) is 0 Å². The fourth-order valence-electron chi connectivity index (χ4n) is 2.32. The SMILES string of the molecule is C1=COC(C2CCCCCCC2)=CC=N1. The summed E-state index contributed by atoms with van der Waals surface area (Å²) in [6.07, 6.45) is 16.6. The van der Waals surface area contributed by atoms with Crippen LogP contribution in [0.2, 0.25) is 0 Å². The van der Waals surface area contributed by atoms with Crippen LogP contribution < -0.4 is 0 Å². The fourth-order valence-corrected chi connectivity index (χ4v) is 2.32. The molecule has 0 saturated heterocycles. The lowest BCUT2D eigenvalue weighted by Crippen LogP contribution is -2.08. The van der Waals surface area contributed by atoms with E-state index in [1.54, 1.807) is 12.5 Å². The van der Waals surface area contributed by atoms with Crippen LogP contribution in [0.1, 0.15) is 44.9 Å². The molecule has 0 radical (unpaired) electrons. The highest BCUT2D eigenvalue weighted by molar-refractivity contribution is 5.72. The Morgan fingerprint density at radius 2 is 1.80 bits per heavy atom. The second-order valence-corrected chi connectivity index (χ2v) is 4.31. The molecule has 82 valence electrons. The zero-order chi connectivity index (χ0) is 10.3. The molecule has 0 amide bonds. The molecule has 15 heavy (non-hydrogen) atoms. The van der Waals surface area contributed by atoms with Crippen LogP contribution in [0.4, 0.5) is 0 Å². The minimum Gasteiger partial charge on any atom is -0.467 e.